The molecule has 1 aromatic carbocycles. The summed E-state index contributed by atoms with van der Waals surface area (Å²) in [4.78, 5) is 16.5. The molecule has 1 amide bonds. The van der Waals surface area contributed by atoms with E-state index in [0.717, 1.165) is 25.9 Å². The van der Waals surface area contributed by atoms with Crippen LogP contribution in [0.2, 0.25) is 0 Å². The van der Waals surface area contributed by atoms with E-state index < -0.39 is 0 Å². The van der Waals surface area contributed by atoms with Gasteiger partial charge >= 0.3 is 0 Å². The first-order valence-electron chi connectivity index (χ1n) is 6.71. The molecule has 1 aromatic rings. The van der Waals surface area contributed by atoms with Gasteiger partial charge in [-0.3, -0.25) is 4.79 Å². The van der Waals surface area contributed by atoms with Crippen molar-refractivity contribution in [2.24, 2.45) is 0 Å². The Morgan fingerprint density at radius 3 is 2.79 bits per heavy atom. The van der Waals surface area contributed by atoms with E-state index in [1.54, 1.807) is 13.0 Å². The lowest BCUT2D eigenvalue weighted by Crippen LogP contribution is -2.47. The lowest BCUT2D eigenvalue weighted by molar-refractivity contribution is 0.0634. The molecule has 104 valence electrons. The Bertz CT molecular complexity index is 473. The Balaban J connectivity index is 2.15. The van der Waals surface area contributed by atoms with Crippen LogP contribution in [0.25, 0.3) is 0 Å². The lowest BCUT2D eigenvalue weighted by atomic mass is 10.0. The van der Waals surface area contributed by atoms with Crippen molar-refractivity contribution in [3.05, 3.63) is 35.1 Å². The van der Waals surface area contributed by atoms with Crippen LogP contribution in [0.4, 0.5) is 4.39 Å². The molecule has 19 heavy (non-hydrogen) atoms. The van der Waals surface area contributed by atoms with Crippen LogP contribution < -0.4 is 0 Å². The number of hydrogen-bond acceptors (Lipinski definition) is 2. The van der Waals surface area contributed by atoms with Gasteiger partial charge in [-0.25, -0.2) is 4.39 Å². The fraction of sp³-hybridized carbons (Fsp3) is 0.533. The molecule has 1 heterocycles. The topological polar surface area (TPSA) is 23.6 Å². The molecule has 0 bridgehead atoms. The number of carbonyl (C=O) groups is 1. The number of likely N-dealkylation sites (tertiary alicyclic amines) is 1. The number of rotatable bonds is 2. The third-order valence-corrected chi connectivity index (χ3v) is 3.83. The van der Waals surface area contributed by atoms with Gasteiger partial charge in [0, 0.05) is 24.7 Å². The molecule has 0 aliphatic carbocycles. The van der Waals surface area contributed by atoms with Gasteiger partial charge in [0.25, 0.3) is 5.91 Å². The summed E-state index contributed by atoms with van der Waals surface area (Å²) in [6.45, 7) is 3.33. The molecule has 0 spiro atoms. The SMILES string of the molecule is Cc1cc(F)ccc1C(=O)N1CCCC(N(C)C)C1. The van der Waals surface area contributed by atoms with Crippen LogP contribution in [0, 0.1) is 12.7 Å². The molecule has 3 nitrogen and oxygen atoms in total. The highest BCUT2D eigenvalue weighted by Crippen LogP contribution is 2.18. The lowest BCUT2D eigenvalue weighted by Gasteiger charge is -2.36. The van der Waals surface area contributed by atoms with E-state index in [0.29, 0.717) is 17.2 Å². The zero-order chi connectivity index (χ0) is 14.0. The third-order valence-electron chi connectivity index (χ3n) is 3.83. The maximum Gasteiger partial charge on any atom is 0.254 e. The second kappa shape index (κ2) is 5.70. The highest BCUT2D eigenvalue weighted by Gasteiger charge is 2.26. The Hall–Kier alpha value is -1.42. The first-order valence-corrected chi connectivity index (χ1v) is 6.71. The van der Waals surface area contributed by atoms with Crippen molar-refractivity contribution in [3.8, 4) is 0 Å². The number of piperidine rings is 1. The Morgan fingerprint density at radius 2 is 2.16 bits per heavy atom. The normalized spacial score (nSPS) is 19.8. The molecule has 1 atom stereocenters. The largest absolute Gasteiger partial charge is 0.337 e. The minimum absolute atomic E-state index is 0.0176. The van der Waals surface area contributed by atoms with Crippen LogP contribution in [-0.2, 0) is 0 Å². The van der Waals surface area contributed by atoms with Gasteiger partial charge in [0.05, 0.1) is 0 Å². The second-order valence-corrected chi connectivity index (χ2v) is 5.47. The molecule has 1 aliphatic rings. The van der Waals surface area contributed by atoms with Crippen molar-refractivity contribution >= 4 is 5.91 Å². The molecule has 2 rings (SSSR count). The zero-order valence-corrected chi connectivity index (χ0v) is 11.8. The summed E-state index contributed by atoms with van der Waals surface area (Å²) < 4.78 is 13.1. The molecule has 0 N–H and O–H groups in total. The van der Waals surface area contributed by atoms with E-state index in [1.165, 1.54) is 12.1 Å². The third kappa shape index (κ3) is 3.13. The molecular weight excluding hydrogens is 243 g/mol. The van der Waals surface area contributed by atoms with Crippen LogP contribution in [0.3, 0.4) is 0 Å². The summed E-state index contributed by atoms with van der Waals surface area (Å²) in [5.74, 6) is -0.275. The zero-order valence-electron chi connectivity index (χ0n) is 11.8. The molecule has 1 fully saturated rings. The van der Waals surface area contributed by atoms with Crippen molar-refractivity contribution in [1.82, 2.24) is 9.80 Å². The van der Waals surface area contributed by atoms with E-state index in [2.05, 4.69) is 4.90 Å². The average molecular weight is 264 g/mol. The van der Waals surface area contributed by atoms with E-state index in [9.17, 15) is 9.18 Å². The highest BCUT2D eigenvalue weighted by molar-refractivity contribution is 5.95. The minimum Gasteiger partial charge on any atom is -0.337 e. The van der Waals surface area contributed by atoms with E-state index >= 15 is 0 Å². The quantitative estimate of drug-likeness (QED) is 0.818. The summed E-state index contributed by atoms with van der Waals surface area (Å²) in [7, 11) is 4.09. The van der Waals surface area contributed by atoms with Crippen LogP contribution >= 0.6 is 0 Å². The molecule has 0 aromatic heterocycles. The highest BCUT2D eigenvalue weighted by atomic mass is 19.1. The predicted molar refractivity (Wildman–Crippen MR) is 73.7 cm³/mol. The average Bonchev–Trinajstić information content (AvgIpc) is 2.38. The Labute approximate surface area is 114 Å². The van der Waals surface area contributed by atoms with Gasteiger partial charge in [-0.1, -0.05) is 0 Å². The van der Waals surface area contributed by atoms with Crippen molar-refractivity contribution in [2.75, 3.05) is 27.2 Å². The number of hydrogen-bond donors (Lipinski definition) is 0. The van der Waals surface area contributed by atoms with Crippen LogP contribution in [0.15, 0.2) is 18.2 Å². The molecule has 4 heteroatoms. The maximum atomic E-state index is 13.1. The number of benzene rings is 1. The number of nitrogens with zero attached hydrogens (tertiary/aromatic N) is 2. The van der Waals surface area contributed by atoms with Gasteiger partial charge in [0.1, 0.15) is 5.82 Å². The summed E-state index contributed by atoms with van der Waals surface area (Å²) in [6, 6.07) is 4.78. The molecule has 0 saturated carbocycles. The first kappa shape index (κ1) is 14.0. The number of halogens is 1. The van der Waals surface area contributed by atoms with Crippen molar-refractivity contribution < 1.29 is 9.18 Å². The number of amides is 1. The molecule has 1 saturated heterocycles. The van der Waals surface area contributed by atoms with Crippen LogP contribution in [-0.4, -0.2) is 48.9 Å². The van der Waals surface area contributed by atoms with Gasteiger partial charge in [0.2, 0.25) is 0 Å². The van der Waals surface area contributed by atoms with Crippen molar-refractivity contribution in [2.45, 2.75) is 25.8 Å². The van der Waals surface area contributed by atoms with Crippen LogP contribution in [0.1, 0.15) is 28.8 Å². The van der Waals surface area contributed by atoms with Gasteiger partial charge in [-0.15, -0.1) is 0 Å². The standard InChI is InChI=1S/C15H21FN2O/c1-11-9-12(16)6-7-14(11)15(19)18-8-4-5-13(10-18)17(2)3/h6-7,9,13H,4-5,8,10H2,1-3H3. The summed E-state index contributed by atoms with van der Waals surface area (Å²) in [6.07, 6.45) is 2.15. The van der Waals surface area contributed by atoms with Crippen LogP contribution in [0.5, 0.6) is 0 Å². The summed E-state index contributed by atoms with van der Waals surface area (Å²) >= 11 is 0. The minimum atomic E-state index is -0.293. The number of aryl methyl sites for hydroxylation is 1. The van der Waals surface area contributed by atoms with Crippen molar-refractivity contribution in [1.29, 1.82) is 0 Å². The molecule has 1 aliphatic heterocycles. The van der Waals surface area contributed by atoms with E-state index in [4.69, 9.17) is 0 Å². The maximum absolute atomic E-state index is 13.1. The summed E-state index contributed by atoms with van der Waals surface area (Å²) in [5, 5.41) is 0. The van der Waals surface area contributed by atoms with Gasteiger partial charge in [-0.05, 0) is 57.6 Å². The molecular formula is C15H21FN2O. The van der Waals surface area contributed by atoms with Gasteiger partial charge in [0.15, 0.2) is 0 Å². The van der Waals surface area contributed by atoms with Crippen molar-refractivity contribution in [3.63, 3.8) is 0 Å². The second-order valence-electron chi connectivity index (χ2n) is 5.47. The molecule has 1 unspecified atom stereocenters. The number of carbonyl (C=O) groups excluding carboxylic acids is 1. The van der Waals surface area contributed by atoms with E-state index in [-0.39, 0.29) is 11.7 Å². The smallest absolute Gasteiger partial charge is 0.254 e. The monoisotopic (exact) mass is 264 g/mol. The number of likely N-dealkylation sites (N-methyl/N-ethyl adjacent to an activating group) is 1. The fourth-order valence-electron chi connectivity index (χ4n) is 2.60. The summed E-state index contributed by atoms with van der Waals surface area (Å²) in [5.41, 5.74) is 1.32. The molecule has 0 radical (unpaired) electrons. The Morgan fingerprint density at radius 1 is 1.42 bits per heavy atom. The first-order chi connectivity index (χ1) is 8.99. The Kier molecular flexibility index (Phi) is 4.20. The fourth-order valence-corrected chi connectivity index (χ4v) is 2.60. The van der Waals surface area contributed by atoms with E-state index in [1.807, 2.05) is 19.0 Å². The van der Waals surface area contributed by atoms with Gasteiger partial charge in [-0.2, -0.15) is 0 Å². The predicted octanol–water partition coefficient (Wildman–Crippen LogP) is 2.30. The van der Waals surface area contributed by atoms with Gasteiger partial charge < -0.3 is 9.80 Å².